The number of fused-ring (bicyclic) bond motifs is 9. The summed E-state index contributed by atoms with van der Waals surface area (Å²) in [5, 5.41) is 0. The van der Waals surface area contributed by atoms with Crippen molar-refractivity contribution in [3.8, 4) is 33.4 Å². The average molecular weight is 979 g/mol. The molecule has 2 unspecified atom stereocenters. The standard InChI is InChI=1S/C74H62N2/c1-47-24-28-49(29-25-47)54-39-55(50-30-26-48(2)27-31-50)41-56(40-54)52-17-15-16-51(38-52)53-32-35-61-62-36-33-59(43-68(62)73(3,4)67(61)42-53)75(57-18-9-7-10-19-57)60-34-37-63-65-45-66-64-22-13-14-23-71(64)76(58-20-11-8-12-21-58)72(66)46-70(65)74(5,6)69(63)44-60/h7-21,23-40,42-46,56,64H,22,41H2,1-6H3. The van der Waals surface area contributed by atoms with Crippen molar-refractivity contribution in [2.24, 2.45) is 0 Å². The van der Waals surface area contributed by atoms with Crippen molar-refractivity contribution < 1.29 is 0 Å². The van der Waals surface area contributed by atoms with Crippen molar-refractivity contribution in [1.29, 1.82) is 0 Å². The van der Waals surface area contributed by atoms with Gasteiger partial charge in [0.15, 0.2) is 0 Å². The van der Waals surface area contributed by atoms with Crippen LogP contribution < -0.4 is 9.80 Å². The largest absolute Gasteiger partial charge is 0.313 e. The van der Waals surface area contributed by atoms with E-state index in [2.05, 4.69) is 282 Å². The quantitative estimate of drug-likeness (QED) is 0.150. The molecule has 4 aliphatic carbocycles. The van der Waals surface area contributed by atoms with E-state index in [0.717, 1.165) is 18.5 Å². The van der Waals surface area contributed by atoms with Crippen LogP contribution in [0.25, 0.3) is 44.5 Å². The zero-order valence-electron chi connectivity index (χ0n) is 44.4. The van der Waals surface area contributed by atoms with Crippen LogP contribution in [0.4, 0.5) is 28.4 Å². The molecule has 2 heteroatoms. The molecule has 9 aromatic carbocycles. The van der Waals surface area contributed by atoms with Crippen LogP contribution in [0.1, 0.15) is 108 Å². The maximum atomic E-state index is 2.53. The summed E-state index contributed by atoms with van der Waals surface area (Å²) in [5.74, 6) is 0.593. The first-order valence-corrected chi connectivity index (χ1v) is 27.3. The molecule has 0 N–H and O–H groups in total. The highest BCUT2D eigenvalue weighted by Crippen LogP contribution is 2.58. The van der Waals surface area contributed by atoms with Crippen LogP contribution in [0.5, 0.6) is 0 Å². The highest BCUT2D eigenvalue weighted by Gasteiger charge is 2.42. The molecule has 2 atom stereocenters. The van der Waals surface area contributed by atoms with Gasteiger partial charge in [0.25, 0.3) is 0 Å². The Morgan fingerprint density at radius 2 is 1.07 bits per heavy atom. The molecule has 0 spiro atoms. The number of rotatable bonds is 8. The Balaban J connectivity index is 0.798. The van der Waals surface area contributed by atoms with Gasteiger partial charge in [-0.3, -0.25) is 0 Å². The van der Waals surface area contributed by atoms with Crippen molar-refractivity contribution in [3.05, 3.63) is 292 Å². The minimum Gasteiger partial charge on any atom is -0.313 e. The van der Waals surface area contributed by atoms with Crippen molar-refractivity contribution in [1.82, 2.24) is 0 Å². The van der Waals surface area contributed by atoms with Crippen LogP contribution in [0.2, 0.25) is 0 Å². The molecule has 368 valence electrons. The number of para-hydroxylation sites is 2. The zero-order chi connectivity index (χ0) is 51.5. The highest BCUT2D eigenvalue weighted by atomic mass is 15.2. The van der Waals surface area contributed by atoms with E-state index in [-0.39, 0.29) is 16.7 Å². The summed E-state index contributed by atoms with van der Waals surface area (Å²) in [6, 6.07) is 75.9. The van der Waals surface area contributed by atoms with Gasteiger partial charge in [0.2, 0.25) is 0 Å². The van der Waals surface area contributed by atoms with Gasteiger partial charge >= 0.3 is 0 Å². The van der Waals surface area contributed by atoms with Gasteiger partial charge in [-0.1, -0.05) is 197 Å². The van der Waals surface area contributed by atoms with Crippen LogP contribution in [-0.2, 0) is 10.8 Å². The summed E-state index contributed by atoms with van der Waals surface area (Å²) in [4.78, 5) is 4.98. The molecule has 0 saturated carbocycles. The second-order valence-electron chi connectivity index (χ2n) is 23.0. The molecule has 0 aromatic heterocycles. The van der Waals surface area contributed by atoms with Gasteiger partial charge in [-0.05, 0) is 189 Å². The van der Waals surface area contributed by atoms with Gasteiger partial charge in [0.05, 0.1) is 5.69 Å². The van der Waals surface area contributed by atoms with Crippen molar-refractivity contribution in [2.45, 2.75) is 77.0 Å². The first kappa shape index (κ1) is 46.1. The van der Waals surface area contributed by atoms with Gasteiger partial charge in [-0.2, -0.15) is 0 Å². The lowest BCUT2D eigenvalue weighted by atomic mass is 9.80. The Morgan fingerprint density at radius 1 is 0.487 bits per heavy atom. The van der Waals surface area contributed by atoms with Gasteiger partial charge in [0, 0.05) is 51.1 Å². The van der Waals surface area contributed by atoms with Crippen molar-refractivity contribution >= 4 is 39.6 Å². The fourth-order valence-electron chi connectivity index (χ4n) is 13.5. The maximum absolute atomic E-state index is 2.53. The molecule has 14 rings (SSSR count). The Morgan fingerprint density at radius 3 is 1.75 bits per heavy atom. The molecule has 0 fully saturated rings. The second-order valence-corrected chi connectivity index (χ2v) is 23.0. The molecule has 9 aromatic rings. The van der Waals surface area contributed by atoms with Gasteiger partial charge < -0.3 is 9.80 Å². The average Bonchev–Trinajstić information content (AvgIpc) is 4.08. The highest BCUT2D eigenvalue weighted by molar-refractivity contribution is 5.93. The minimum atomic E-state index is -0.224. The lowest BCUT2D eigenvalue weighted by Crippen LogP contribution is -2.18. The monoisotopic (exact) mass is 978 g/mol. The molecular weight excluding hydrogens is 917 g/mol. The third-order valence-electron chi connectivity index (χ3n) is 17.6. The van der Waals surface area contributed by atoms with E-state index in [0.29, 0.717) is 5.92 Å². The van der Waals surface area contributed by atoms with E-state index in [4.69, 9.17) is 0 Å². The van der Waals surface area contributed by atoms with E-state index < -0.39 is 0 Å². The lowest BCUT2D eigenvalue weighted by molar-refractivity contribution is 0.660. The summed E-state index contributed by atoms with van der Waals surface area (Å²) in [6.07, 6.45) is 13.8. The van der Waals surface area contributed by atoms with E-state index in [9.17, 15) is 0 Å². The van der Waals surface area contributed by atoms with Crippen LogP contribution in [0.15, 0.2) is 236 Å². The molecule has 76 heavy (non-hydrogen) atoms. The van der Waals surface area contributed by atoms with Crippen LogP contribution in [0, 0.1) is 13.8 Å². The van der Waals surface area contributed by atoms with E-state index in [1.807, 2.05) is 0 Å². The molecule has 0 bridgehead atoms. The lowest BCUT2D eigenvalue weighted by Gasteiger charge is -2.30. The van der Waals surface area contributed by atoms with E-state index >= 15 is 0 Å². The molecule has 0 radical (unpaired) electrons. The van der Waals surface area contributed by atoms with Gasteiger partial charge in [-0.15, -0.1) is 0 Å². The topological polar surface area (TPSA) is 6.48 Å². The number of anilines is 5. The van der Waals surface area contributed by atoms with Crippen LogP contribution >= 0.6 is 0 Å². The number of nitrogens with zero attached hydrogens (tertiary/aromatic N) is 2. The molecule has 0 saturated heterocycles. The SMILES string of the molecule is Cc1ccc(C2=CC(c3cccc(-c4ccc5c(c4)C(C)(C)c4cc(N(c6ccccc6)c6ccc7c(c6)C(C)(C)c6cc8c(cc6-7)C6CC=CC=C6N8c6ccccc6)ccc4-5)c3)CC(c3ccc(C)cc3)=C2)cc1. The molecule has 2 nitrogen and oxygen atoms in total. The Kier molecular flexibility index (Phi) is 10.7. The first-order chi connectivity index (χ1) is 37.0. The molecular formula is C74H62N2. The van der Waals surface area contributed by atoms with Crippen molar-refractivity contribution in [3.63, 3.8) is 0 Å². The predicted octanol–water partition coefficient (Wildman–Crippen LogP) is 19.8. The third kappa shape index (κ3) is 7.44. The predicted molar refractivity (Wildman–Crippen MR) is 321 cm³/mol. The molecule has 1 aliphatic heterocycles. The fraction of sp³-hybridized carbons (Fsp3) is 0.162. The summed E-state index contributed by atoms with van der Waals surface area (Å²) >= 11 is 0. The number of benzene rings is 9. The Bertz CT molecular complexity index is 3940. The summed E-state index contributed by atoms with van der Waals surface area (Å²) < 4.78 is 0. The Hall–Kier alpha value is -8.46. The summed E-state index contributed by atoms with van der Waals surface area (Å²) in [6.45, 7) is 14.0. The van der Waals surface area contributed by atoms with Crippen LogP contribution in [0.3, 0.4) is 0 Å². The summed E-state index contributed by atoms with van der Waals surface area (Å²) in [5.41, 5.74) is 30.9. The molecule has 0 amide bonds. The number of hydrogen-bond donors (Lipinski definition) is 0. The smallest absolute Gasteiger partial charge is 0.0501 e. The summed E-state index contributed by atoms with van der Waals surface area (Å²) in [7, 11) is 0. The fourth-order valence-corrected chi connectivity index (χ4v) is 13.5. The Labute approximate surface area is 449 Å². The van der Waals surface area contributed by atoms with Crippen molar-refractivity contribution in [2.75, 3.05) is 9.80 Å². The maximum Gasteiger partial charge on any atom is 0.0501 e. The number of allylic oxidation sites excluding steroid dienone is 8. The van der Waals surface area contributed by atoms with Gasteiger partial charge in [0.1, 0.15) is 0 Å². The molecule has 1 heterocycles. The normalized spacial score (nSPS) is 17.9. The van der Waals surface area contributed by atoms with E-state index in [1.165, 1.54) is 129 Å². The minimum absolute atomic E-state index is 0.210. The first-order valence-electron chi connectivity index (χ1n) is 27.3. The van der Waals surface area contributed by atoms with E-state index in [1.54, 1.807) is 0 Å². The molecule has 5 aliphatic rings. The zero-order valence-corrected chi connectivity index (χ0v) is 44.4. The third-order valence-corrected chi connectivity index (χ3v) is 17.6. The number of aryl methyl sites for hydroxylation is 2. The second kappa shape index (κ2) is 17.6. The van der Waals surface area contributed by atoms with Gasteiger partial charge in [-0.25, -0.2) is 0 Å². The number of hydrogen-bond acceptors (Lipinski definition) is 2. The van der Waals surface area contributed by atoms with Crippen LogP contribution in [-0.4, -0.2) is 0 Å².